The first-order valence-corrected chi connectivity index (χ1v) is 8.72. The summed E-state index contributed by atoms with van der Waals surface area (Å²) in [5, 5.41) is 2.85. The minimum Gasteiger partial charge on any atom is -0.471 e. The van der Waals surface area contributed by atoms with Crippen molar-refractivity contribution < 1.29 is 38.1 Å². The maximum atomic E-state index is 11.5. The Bertz CT molecular complexity index is 526. The number of nitrogens with one attached hydrogen (secondary N) is 1. The zero-order valence-electron chi connectivity index (χ0n) is 15.3. The van der Waals surface area contributed by atoms with Gasteiger partial charge in [0.2, 0.25) is 0 Å². The van der Waals surface area contributed by atoms with Gasteiger partial charge in [-0.25, -0.2) is 0 Å². The molecule has 1 heterocycles. The Labute approximate surface area is 157 Å². The molecule has 0 amide bonds. The summed E-state index contributed by atoms with van der Waals surface area (Å²) < 4.78 is 26.5. The zero-order chi connectivity index (χ0) is 19.7. The first-order valence-electron chi connectivity index (χ1n) is 8.31. The lowest BCUT2D eigenvalue weighted by molar-refractivity contribution is -0.228. The monoisotopic (exact) mass is 391 g/mol. The SMILES string of the molecule is CCCCOC(=S)NC1OCC(OC(C)=O)C(OC(C)=O)C1OC(C)=O. The van der Waals surface area contributed by atoms with Gasteiger partial charge in [0.05, 0.1) is 13.2 Å². The van der Waals surface area contributed by atoms with Crippen LogP contribution in [0.3, 0.4) is 0 Å². The molecule has 0 bridgehead atoms. The van der Waals surface area contributed by atoms with Gasteiger partial charge in [0.1, 0.15) is 0 Å². The van der Waals surface area contributed by atoms with E-state index in [0.29, 0.717) is 6.61 Å². The van der Waals surface area contributed by atoms with Gasteiger partial charge in [0.25, 0.3) is 5.17 Å². The molecule has 0 aliphatic carbocycles. The maximum Gasteiger partial charge on any atom is 0.303 e. The molecule has 0 spiro atoms. The molecule has 10 heteroatoms. The number of thiocarbonyl (C=S) groups is 1. The van der Waals surface area contributed by atoms with Crippen molar-refractivity contribution in [2.75, 3.05) is 13.2 Å². The van der Waals surface area contributed by atoms with Crippen LogP contribution in [0.2, 0.25) is 0 Å². The number of esters is 3. The molecule has 26 heavy (non-hydrogen) atoms. The average molecular weight is 391 g/mol. The molecule has 1 aliphatic heterocycles. The van der Waals surface area contributed by atoms with Crippen LogP contribution in [0.25, 0.3) is 0 Å². The van der Waals surface area contributed by atoms with Crippen molar-refractivity contribution in [3.05, 3.63) is 0 Å². The van der Waals surface area contributed by atoms with E-state index in [1.807, 2.05) is 6.92 Å². The van der Waals surface area contributed by atoms with Crippen molar-refractivity contribution >= 4 is 35.3 Å². The van der Waals surface area contributed by atoms with Gasteiger partial charge >= 0.3 is 17.9 Å². The largest absolute Gasteiger partial charge is 0.471 e. The highest BCUT2D eigenvalue weighted by molar-refractivity contribution is 7.80. The predicted octanol–water partition coefficient (Wildman–Crippen LogP) is 0.829. The zero-order valence-corrected chi connectivity index (χ0v) is 16.1. The summed E-state index contributed by atoms with van der Waals surface area (Å²) in [6.07, 6.45) is -2.22. The number of carbonyl (C=O) groups is 3. The van der Waals surface area contributed by atoms with Crippen LogP contribution in [0.4, 0.5) is 0 Å². The van der Waals surface area contributed by atoms with E-state index >= 15 is 0 Å². The van der Waals surface area contributed by atoms with Crippen molar-refractivity contribution in [3.63, 3.8) is 0 Å². The summed E-state index contributed by atoms with van der Waals surface area (Å²) in [5.74, 6) is -1.82. The molecule has 0 saturated carbocycles. The van der Waals surface area contributed by atoms with Crippen molar-refractivity contribution in [2.24, 2.45) is 0 Å². The van der Waals surface area contributed by atoms with E-state index in [9.17, 15) is 14.4 Å². The summed E-state index contributed by atoms with van der Waals surface area (Å²) in [4.78, 5) is 34.3. The van der Waals surface area contributed by atoms with E-state index in [4.69, 9.17) is 35.9 Å². The van der Waals surface area contributed by atoms with Crippen LogP contribution >= 0.6 is 12.2 Å². The third-order valence-electron chi connectivity index (χ3n) is 3.34. The Hall–Kier alpha value is -1.94. The smallest absolute Gasteiger partial charge is 0.303 e. The number of unbranched alkanes of at least 4 members (excludes halogenated alkanes) is 1. The lowest BCUT2D eigenvalue weighted by atomic mass is 10.0. The molecular weight excluding hydrogens is 366 g/mol. The number of carbonyl (C=O) groups excluding carboxylic acids is 3. The highest BCUT2D eigenvalue weighted by Crippen LogP contribution is 2.23. The molecule has 4 unspecified atom stereocenters. The molecule has 1 saturated heterocycles. The molecule has 1 aliphatic rings. The summed E-state index contributed by atoms with van der Waals surface area (Å²) in [6.45, 7) is 5.98. The maximum absolute atomic E-state index is 11.5. The average Bonchev–Trinajstić information content (AvgIpc) is 2.52. The normalized spacial score (nSPS) is 24.9. The van der Waals surface area contributed by atoms with Crippen LogP contribution < -0.4 is 5.32 Å². The third kappa shape index (κ3) is 7.52. The van der Waals surface area contributed by atoms with Gasteiger partial charge in [-0.15, -0.1) is 0 Å². The number of rotatable bonds is 7. The topological polar surface area (TPSA) is 109 Å². The second-order valence-electron chi connectivity index (χ2n) is 5.68. The van der Waals surface area contributed by atoms with E-state index in [1.165, 1.54) is 20.8 Å². The second-order valence-corrected chi connectivity index (χ2v) is 6.05. The molecule has 148 valence electrons. The van der Waals surface area contributed by atoms with Gasteiger partial charge in [0, 0.05) is 20.8 Å². The van der Waals surface area contributed by atoms with E-state index in [2.05, 4.69) is 5.32 Å². The lowest BCUT2D eigenvalue weighted by Crippen LogP contribution is -2.62. The Morgan fingerprint density at radius 3 is 2.15 bits per heavy atom. The van der Waals surface area contributed by atoms with Gasteiger partial charge in [-0.1, -0.05) is 13.3 Å². The lowest BCUT2D eigenvalue weighted by Gasteiger charge is -2.40. The summed E-state index contributed by atoms with van der Waals surface area (Å²) in [6, 6.07) is 0. The molecule has 0 aromatic rings. The quantitative estimate of drug-likeness (QED) is 0.290. The van der Waals surface area contributed by atoms with Crippen molar-refractivity contribution in [1.82, 2.24) is 5.32 Å². The van der Waals surface area contributed by atoms with Crippen molar-refractivity contribution in [1.29, 1.82) is 0 Å². The standard InChI is InChI=1S/C16H25NO8S/c1-5-6-7-21-16(26)17-15-14(25-11(4)20)13(24-10(3)19)12(8-22-15)23-9(2)18/h12-15H,5-8H2,1-4H3,(H,17,26). The van der Waals surface area contributed by atoms with E-state index < -0.39 is 42.4 Å². The number of hydrogen-bond donors (Lipinski definition) is 1. The van der Waals surface area contributed by atoms with Crippen LogP contribution in [-0.2, 0) is 38.1 Å². The minimum absolute atomic E-state index is 0.0631. The van der Waals surface area contributed by atoms with Crippen LogP contribution in [-0.4, -0.2) is 60.8 Å². The summed E-state index contributed by atoms with van der Waals surface area (Å²) in [5.41, 5.74) is 0. The molecule has 0 aromatic carbocycles. The Morgan fingerprint density at radius 2 is 1.62 bits per heavy atom. The summed E-state index contributed by atoms with van der Waals surface area (Å²) in [7, 11) is 0. The molecule has 1 N–H and O–H groups in total. The van der Waals surface area contributed by atoms with Gasteiger partial charge < -0.3 is 29.0 Å². The Balaban J connectivity index is 2.91. The fraction of sp³-hybridized carbons (Fsp3) is 0.750. The highest BCUT2D eigenvalue weighted by atomic mass is 32.1. The van der Waals surface area contributed by atoms with Crippen LogP contribution in [0, 0.1) is 0 Å². The molecule has 1 fully saturated rings. The highest BCUT2D eigenvalue weighted by Gasteiger charge is 2.47. The number of hydrogen-bond acceptors (Lipinski definition) is 9. The first kappa shape index (κ1) is 22.1. The molecular formula is C16H25NO8S. The van der Waals surface area contributed by atoms with E-state index in [1.54, 1.807) is 0 Å². The Kier molecular flexibility index (Phi) is 9.28. The van der Waals surface area contributed by atoms with Crippen LogP contribution in [0.15, 0.2) is 0 Å². The van der Waals surface area contributed by atoms with Crippen LogP contribution in [0.5, 0.6) is 0 Å². The molecule has 9 nitrogen and oxygen atoms in total. The summed E-state index contributed by atoms with van der Waals surface area (Å²) >= 11 is 5.09. The Morgan fingerprint density at radius 1 is 1.04 bits per heavy atom. The molecule has 1 rings (SSSR count). The van der Waals surface area contributed by atoms with E-state index in [-0.39, 0.29) is 11.8 Å². The molecule has 0 aromatic heterocycles. The van der Waals surface area contributed by atoms with E-state index in [0.717, 1.165) is 12.8 Å². The fourth-order valence-electron chi connectivity index (χ4n) is 2.33. The molecule has 0 radical (unpaired) electrons. The second kappa shape index (κ2) is 10.9. The van der Waals surface area contributed by atoms with Gasteiger partial charge in [-0.05, 0) is 18.6 Å². The van der Waals surface area contributed by atoms with Gasteiger partial charge in [0.15, 0.2) is 24.5 Å². The van der Waals surface area contributed by atoms with Crippen molar-refractivity contribution in [3.8, 4) is 0 Å². The minimum atomic E-state index is -1.08. The molecule has 4 atom stereocenters. The third-order valence-corrected chi connectivity index (χ3v) is 3.58. The van der Waals surface area contributed by atoms with Crippen molar-refractivity contribution in [2.45, 2.75) is 65.1 Å². The van der Waals surface area contributed by atoms with Gasteiger partial charge in [-0.2, -0.15) is 0 Å². The fourth-order valence-corrected chi connectivity index (χ4v) is 2.53. The first-order chi connectivity index (χ1) is 12.2. The predicted molar refractivity (Wildman–Crippen MR) is 93.0 cm³/mol. The van der Waals surface area contributed by atoms with Gasteiger partial charge in [-0.3, -0.25) is 14.4 Å². The van der Waals surface area contributed by atoms with Crippen LogP contribution in [0.1, 0.15) is 40.5 Å². The number of ether oxygens (including phenoxy) is 5.